The van der Waals surface area contributed by atoms with Crippen molar-refractivity contribution in [1.29, 1.82) is 0 Å². The van der Waals surface area contributed by atoms with Gasteiger partial charge < -0.3 is 4.57 Å². The summed E-state index contributed by atoms with van der Waals surface area (Å²) >= 11 is 0. The standard InChI is InChI=1S/C39H25NO3/c41-37(26-10-4-1-5-11-26)29-16-20-32(21-17-29)40-35-22-18-30(38(42)27-12-6-2-7-13-27)24-33(35)34-25-31(19-23-36(34)40)39(43)28-14-8-3-9-15-28/h1-25H. The molecule has 7 aromatic rings. The van der Waals surface area contributed by atoms with Crippen LogP contribution in [0.3, 0.4) is 0 Å². The normalized spacial score (nSPS) is 11.1. The Morgan fingerprint density at radius 2 is 0.674 bits per heavy atom. The molecular weight excluding hydrogens is 530 g/mol. The van der Waals surface area contributed by atoms with Gasteiger partial charge in [0.05, 0.1) is 11.0 Å². The first-order chi connectivity index (χ1) is 21.1. The number of ketones is 3. The van der Waals surface area contributed by atoms with Gasteiger partial charge in [-0.3, -0.25) is 14.4 Å². The van der Waals surface area contributed by atoms with Crippen molar-refractivity contribution in [2.45, 2.75) is 0 Å². The molecule has 4 heteroatoms. The molecule has 1 heterocycles. The van der Waals surface area contributed by atoms with E-state index in [1.807, 2.05) is 152 Å². The zero-order valence-electron chi connectivity index (χ0n) is 23.1. The van der Waals surface area contributed by atoms with Crippen LogP contribution in [0.25, 0.3) is 27.5 Å². The fourth-order valence-corrected chi connectivity index (χ4v) is 5.61. The maximum absolute atomic E-state index is 13.4. The molecule has 0 radical (unpaired) electrons. The second-order valence-corrected chi connectivity index (χ2v) is 10.4. The maximum Gasteiger partial charge on any atom is 0.193 e. The highest BCUT2D eigenvalue weighted by atomic mass is 16.1. The Kier molecular flexibility index (Phi) is 6.57. The van der Waals surface area contributed by atoms with Gasteiger partial charge >= 0.3 is 0 Å². The fourth-order valence-electron chi connectivity index (χ4n) is 5.61. The van der Waals surface area contributed by atoms with Crippen molar-refractivity contribution in [1.82, 2.24) is 4.57 Å². The van der Waals surface area contributed by atoms with Crippen LogP contribution in [0.1, 0.15) is 47.8 Å². The lowest BCUT2D eigenvalue weighted by atomic mass is 9.99. The zero-order valence-corrected chi connectivity index (χ0v) is 23.1. The Bertz CT molecular complexity index is 2040. The highest BCUT2D eigenvalue weighted by Crippen LogP contribution is 2.34. The lowest BCUT2D eigenvalue weighted by Crippen LogP contribution is -2.02. The van der Waals surface area contributed by atoms with E-state index in [4.69, 9.17) is 0 Å². The molecule has 0 saturated carbocycles. The van der Waals surface area contributed by atoms with Crippen molar-refractivity contribution in [2.75, 3.05) is 0 Å². The average Bonchev–Trinajstić information content (AvgIpc) is 3.41. The largest absolute Gasteiger partial charge is 0.309 e. The molecule has 0 spiro atoms. The van der Waals surface area contributed by atoms with Crippen molar-refractivity contribution in [3.05, 3.63) is 185 Å². The molecule has 0 fully saturated rings. The van der Waals surface area contributed by atoms with Crippen LogP contribution in [0.15, 0.2) is 152 Å². The highest BCUT2D eigenvalue weighted by Gasteiger charge is 2.19. The predicted molar refractivity (Wildman–Crippen MR) is 170 cm³/mol. The van der Waals surface area contributed by atoms with Crippen LogP contribution in [0.5, 0.6) is 0 Å². The molecule has 0 aliphatic heterocycles. The molecule has 6 aromatic carbocycles. The Balaban J connectivity index is 1.38. The third-order valence-electron chi connectivity index (χ3n) is 7.79. The minimum absolute atomic E-state index is 0.0393. The van der Waals surface area contributed by atoms with Crippen molar-refractivity contribution >= 4 is 39.2 Å². The van der Waals surface area contributed by atoms with Crippen LogP contribution in [0.4, 0.5) is 0 Å². The van der Waals surface area contributed by atoms with Crippen LogP contribution in [0, 0.1) is 0 Å². The van der Waals surface area contributed by atoms with Gasteiger partial charge in [0.2, 0.25) is 0 Å². The number of fused-ring (bicyclic) bond motifs is 3. The molecule has 0 N–H and O–H groups in total. The molecular formula is C39H25NO3. The molecule has 0 aliphatic rings. The van der Waals surface area contributed by atoms with E-state index < -0.39 is 0 Å². The molecule has 0 atom stereocenters. The molecule has 0 unspecified atom stereocenters. The minimum atomic E-state index is -0.0660. The van der Waals surface area contributed by atoms with E-state index in [9.17, 15) is 14.4 Å². The number of carbonyl (C=O) groups excluding carboxylic acids is 3. The minimum Gasteiger partial charge on any atom is -0.309 e. The maximum atomic E-state index is 13.4. The first kappa shape index (κ1) is 26.1. The van der Waals surface area contributed by atoms with Crippen LogP contribution >= 0.6 is 0 Å². The quantitative estimate of drug-likeness (QED) is 0.185. The van der Waals surface area contributed by atoms with E-state index in [0.717, 1.165) is 27.5 Å². The van der Waals surface area contributed by atoms with Gasteiger partial charge in [-0.15, -0.1) is 0 Å². The molecule has 7 rings (SSSR count). The molecule has 0 amide bonds. The Morgan fingerprint density at radius 3 is 1.07 bits per heavy atom. The second-order valence-electron chi connectivity index (χ2n) is 10.4. The summed E-state index contributed by atoms with van der Waals surface area (Å²) in [6.45, 7) is 0. The molecule has 43 heavy (non-hydrogen) atoms. The first-order valence-corrected chi connectivity index (χ1v) is 14.1. The topological polar surface area (TPSA) is 56.1 Å². The van der Waals surface area contributed by atoms with Crippen molar-refractivity contribution < 1.29 is 14.4 Å². The Morgan fingerprint density at radius 1 is 0.349 bits per heavy atom. The van der Waals surface area contributed by atoms with Crippen molar-refractivity contribution in [3.8, 4) is 5.69 Å². The van der Waals surface area contributed by atoms with Crippen molar-refractivity contribution in [3.63, 3.8) is 0 Å². The first-order valence-electron chi connectivity index (χ1n) is 14.1. The smallest absolute Gasteiger partial charge is 0.193 e. The van der Waals surface area contributed by atoms with Gasteiger partial charge in [-0.1, -0.05) is 91.0 Å². The van der Waals surface area contributed by atoms with Crippen LogP contribution in [-0.2, 0) is 0 Å². The molecule has 204 valence electrons. The summed E-state index contributed by atoms with van der Waals surface area (Å²) in [7, 11) is 0. The van der Waals surface area contributed by atoms with E-state index in [1.54, 1.807) is 0 Å². The summed E-state index contributed by atoms with van der Waals surface area (Å²) < 4.78 is 2.11. The summed E-state index contributed by atoms with van der Waals surface area (Å²) in [5.74, 6) is -0.171. The van der Waals surface area contributed by atoms with E-state index in [1.165, 1.54) is 0 Å². The van der Waals surface area contributed by atoms with Gasteiger partial charge in [0, 0.05) is 49.8 Å². The van der Waals surface area contributed by atoms with Crippen LogP contribution < -0.4 is 0 Å². The molecule has 0 aliphatic carbocycles. The third-order valence-corrected chi connectivity index (χ3v) is 7.79. The van der Waals surface area contributed by atoms with E-state index >= 15 is 0 Å². The summed E-state index contributed by atoms with van der Waals surface area (Å²) in [6, 6.07) is 46.6. The lowest BCUT2D eigenvalue weighted by Gasteiger charge is -2.10. The summed E-state index contributed by atoms with van der Waals surface area (Å²) in [4.78, 5) is 39.8. The SMILES string of the molecule is O=C(c1ccccc1)c1ccc(-n2c3ccc(C(=O)c4ccccc4)cc3c3cc(C(=O)c4ccccc4)ccc32)cc1. The number of benzene rings is 6. The average molecular weight is 556 g/mol. The van der Waals surface area contributed by atoms with Gasteiger partial charge in [0.1, 0.15) is 0 Å². The molecule has 1 aromatic heterocycles. The fraction of sp³-hybridized carbons (Fsp3) is 0. The predicted octanol–water partition coefficient (Wildman–Crippen LogP) is 8.48. The highest BCUT2D eigenvalue weighted by molar-refractivity contribution is 6.18. The van der Waals surface area contributed by atoms with Crippen molar-refractivity contribution in [2.24, 2.45) is 0 Å². The number of nitrogens with zero attached hydrogens (tertiary/aromatic N) is 1. The number of hydrogen-bond donors (Lipinski definition) is 0. The van der Waals surface area contributed by atoms with E-state index in [2.05, 4.69) is 4.57 Å². The lowest BCUT2D eigenvalue weighted by molar-refractivity contribution is 0.103. The van der Waals surface area contributed by atoms with Gasteiger partial charge in [0.15, 0.2) is 17.3 Å². The molecule has 0 saturated heterocycles. The Labute approximate surface area is 248 Å². The number of carbonyl (C=O) groups is 3. The number of aromatic nitrogens is 1. The third kappa shape index (κ3) is 4.75. The van der Waals surface area contributed by atoms with E-state index in [0.29, 0.717) is 33.4 Å². The molecule has 4 nitrogen and oxygen atoms in total. The summed E-state index contributed by atoms with van der Waals surface area (Å²) in [5, 5.41) is 1.73. The zero-order chi connectivity index (χ0) is 29.3. The van der Waals surface area contributed by atoms with Gasteiger partial charge in [0.25, 0.3) is 0 Å². The number of hydrogen-bond acceptors (Lipinski definition) is 3. The van der Waals surface area contributed by atoms with Gasteiger partial charge in [-0.05, 0) is 60.7 Å². The van der Waals surface area contributed by atoms with Gasteiger partial charge in [-0.2, -0.15) is 0 Å². The van der Waals surface area contributed by atoms with Gasteiger partial charge in [-0.25, -0.2) is 0 Å². The Hall–Kier alpha value is -5.87. The molecule has 0 bridgehead atoms. The van der Waals surface area contributed by atoms with Crippen LogP contribution in [0.2, 0.25) is 0 Å². The summed E-state index contributed by atoms with van der Waals surface area (Å²) in [6.07, 6.45) is 0. The summed E-state index contributed by atoms with van der Waals surface area (Å²) in [5.41, 5.74) is 6.27. The second kappa shape index (κ2) is 10.8. The van der Waals surface area contributed by atoms with E-state index in [-0.39, 0.29) is 17.3 Å². The number of rotatable bonds is 7. The monoisotopic (exact) mass is 555 g/mol. The van der Waals surface area contributed by atoms with Crippen LogP contribution in [-0.4, -0.2) is 21.9 Å².